The Morgan fingerprint density at radius 1 is 1.37 bits per heavy atom. The van der Waals surface area contributed by atoms with Crippen LogP contribution in [0.3, 0.4) is 0 Å². The highest BCUT2D eigenvalue weighted by atomic mass is 79.9. The minimum absolute atomic E-state index is 0.0347. The summed E-state index contributed by atoms with van der Waals surface area (Å²) in [6.07, 6.45) is 2.60. The molecule has 0 spiro atoms. The first-order chi connectivity index (χ1) is 9.06. The fourth-order valence-corrected chi connectivity index (χ4v) is 1.92. The van der Waals surface area contributed by atoms with Gasteiger partial charge in [-0.3, -0.25) is 15.1 Å². The van der Waals surface area contributed by atoms with Crippen molar-refractivity contribution in [3.05, 3.63) is 62.6 Å². The number of nitro groups is 1. The average molecular weight is 326 g/mol. The zero-order chi connectivity index (χ0) is 13.8. The summed E-state index contributed by atoms with van der Waals surface area (Å²) in [5.41, 5.74) is 0.936. The molecule has 0 amide bonds. The number of aromatic nitrogens is 1. The van der Waals surface area contributed by atoms with Crippen molar-refractivity contribution in [1.29, 1.82) is 0 Å². The summed E-state index contributed by atoms with van der Waals surface area (Å²) in [5, 5.41) is 13.8. The maximum Gasteiger partial charge on any atom is 0.292 e. The molecule has 0 saturated carbocycles. The number of nitro benzene ring substituents is 1. The molecule has 0 aliphatic heterocycles. The number of nitrogens with one attached hydrogen (secondary N) is 1. The Hall–Kier alpha value is -2.02. The molecule has 19 heavy (non-hydrogen) atoms. The van der Waals surface area contributed by atoms with Gasteiger partial charge in [0.1, 0.15) is 11.5 Å². The van der Waals surface area contributed by atoms with Crippen LogP contribution in [-0.4, -0.2) is 9.91 Å². The number of benzene rings is 1. The lowest BCUT2D eigenvalue weighted by Gasteiger charge is -2.07. The third kappa shape index (κ3) is 3.47. The van der Waals surface area contributed by atoms with Gasteiger partial charge in [0.05, 0.1) is 11.1 Å². The van der Waals surface area contributed by atoms with Crippen molar-refractivity contribution in [2.45, 2.75) is 6.54 Å². The van der Waals surface area contributed by atoms with Crippen molar-refractivity contribution in [2.75, 3.05) is 5.32 Å². The van der Waals surface area contributed by atoms with Crippen LogP contribution in [-0.2, 0) is 6.54 Å². The molecule has 0 radical (unpaired) electrons. The predicted octanol–water partition coefficient (Wildman–Crippen LogP) is 3.50. The van der Waals surface area contributed by atoms with Crippen molar-refractivity contribution in [2.24, 2.45) is 0 Å². The van der Waals surface area contributed by atoms with Gasteiger partial charge < -0.3 is 5.32 Å². The van der Waals surface area contributed by atoms with Gasteiger partial charge in [-0.05, 0) is 23.8 Å². The van der Waals surface area contributed by atoms with Crippen LogP contribution in [0.15, 0.2) is 41.1 Å². The number of nitrogens with zero attached hydrogens (tertiary/aromatic N) is 2. The van der Waals surface area contributed by atoms with Crippen LogP contribution in [0.2, 0.25) is 0 Å². The molecule has 0 unspecified atom stereocenters. The van der Waals surface area contributed by atoms with E-state index in [4.69, 9.17) is 0 Å². The van der Waals surface area contributed by atoms with Gasteiger partial charge in [-0.15, -0.1) is 0 Å². The molecule has 0 aliphatic rings. The van der Waals surface area contributed by atoms with Crippen LogP contribution in [0, 0.1) is 15.9 Å². The van der Waals surface area contributed by atoms with E-state index in [9.17, 15) is 14.5 Å². The lowest BCUT2D eigenvalue weighted by atomic mass is 10.2. The molecule has 1 aromatic carbocycles. The Kier molecular flexibility index (Phi) is 4.06. The Bertz CT molecular complexity index is 622. The molecule has 0 bridgehead atoms. The van der Waals surface area contributed by atoms with E-state index in [0.29, 0.717) is 11.3 Å². The molecule has 0 saturated heterocycles. The molecule has 0 atom stereocenters. The molecule has 0 aliphatic carbocycles. The third-order valence-corrected chi connectivity index (χ3v) is 2.89. The highest BCUT2D eigenvalue weighted by Gasteiger charge is 2.13. The zero-order valence-electron chi connectivity index (χ0n) is 9.64. The van der Waals surface area contributed by atoms with E-state index in [1.54, 1.807) is 12.1 Å². The van der Waals surface area contributed by atoms with Crippen LogP contribution < -0.4 is 5.32 Å². The molecular weight excluding hydrogens is 317 g/mol. The zero-order valence-corrected chi connectivity index (χ0v) is 11.2. The van der Waals surface area contributed by atoms with Crippen molar-refractivity contribution >= 4 is 27.3 Å². The van der Waals surface area contributed by atoms with Crippen LogP contribution in [0.1, 0.15) is 5.56 Å². The van der Waals surface area contributed by atoms with Gasteiger partial charge in [0.15, 0.2) is 0 Å². The van der Waals surface area contributed by atoms with E-state index in [2.05, 4.69) is 26.2 Å². The monoisotopic (exact) mass is 325 g/mol. The van der Waals surface area contributed by atoms with Gasteiger partial charge >= 0.3 is 0 Å². The van der Waals surface area contributed by atoms with Crippen molar-refractivity contribution < 1.29 is 9.31 Å². The summed E-state index contributed by atoms with van der Waals surface area (Å²) in [6, 6.07) is 5.91. The summed E-state index contributed by atoms with van der Waals surface area (Å²) in [4.78, 5) is 14.1. The van der Waals surface area contributed by atoms with Gasteiger partial charge in [0, 0.05) is 23.3 Å². The number of pyridine rings is 1. The standard InChI is InChI=1S/C12H9BrFN3O2/c13-9-1-2-12(17(18)19)11(4-9)16-6-8-3-10(14)7-15-5-8/h1-5,7,16H,6H2. The molecule has 5 nitrogen and oxygen atoms in total. The summed E-state index contributed by atoms with van der Waals surface area (Å²) in [5.74, 6) is -0.442. The highest BCUT2D eigenvalue weighted by molar-refractivity contribution is 9.10. The topological polar surface area (TPSA) is 68.1 Å². The lowest BCUT2D eigenvalue weighted by Crippen LogP contribution is -2.03. The molecule has 0 fully saturated rings. The Morgan fingerprint density at radius 2 is 2.16 bits per heavy atom. The lowest BCUT2D eigenvalue weighted by molar-refractivity contribution is -0.384. The highest BCUT2D eigenvalue weighted by Crippen LogP contribution is 2.28. The predicted molar refractivity (Wildman–Crippen MR) is 72.3 cm³/mol. The molecular formula is C12H9BrFN3O2. The van der Waals surface area contributed by atoms with Gasteiger partial charge in [-0.1, -0.05) is 15.9 Å². The molecule has 1 N–H and O–H groups in total. The molecule has 1 aromatic heterocycles. The molecule has 7 heteroatoms. The quantitative estimate of drug-likeness (QED) is 0.690. The van der Waals surface area contributed by atoms with Crippen LogP contribution >= 0.6 is 15.9 Å². The van der Waals surface area contributed by atoms with E-state index in [0.717, 1.165) is 10.7 Å². The van der Waals surface area contributed by atoms with Crippen LogP contribution in [0.5, 0.6) is 0 Å². The van der Waals surface area contributed by atoms with Crippen LogP contribution in [0.25, 0.3) is 0 Å². The van der Waals surface area contributed by atoms with Gasteiger partial charge in [-0.25, -0.2) is 4.39 Å². The number of hydrogen-bond donors (Lipinski definition) is 1. The third-order valence-electron chi connectivity index (χ3n) is 2.40. The van der Waals surface area contributed by atoms with E-state index >= 15 is 0 Å². The van der Waals surface area contributed by atoms with Gasteiger partial charge in [0.25, 0.3) is 5.69 Å². The first-order valence-electron chi connectivity index (χ1n) is 5.33. The summed E-state index contributed by atoms with van der Waals surface area (Å²) in [7, 11) is 0. The first kappa shape index (κ1) is 13.4. The summed E-state index contributed by atoms with van der Waals surface area (Å²) >= 11 is 3.25. The second-order valence-electron chi connectivity index (χ2n) is 3.78. The Morgan fingerprint density at radius 3 is 2.84 bits per heavy atom. The minimum atomic E-state index is -0.474. The Labute approximate surface area is 116 Å². The number of anilines is 1. The SMILES string of the molecule is O=[N+]([O-])c1ccc(Br)cc1NCc1cncc(F)c1. The Balaban J connectivity index is 2.19. The molecule has 98 valence electrons. The summed E-state index contributed by atoms with van der Waals surface area (Å²) < 4.78 is 13.7. The van der Waals surface area contributed by atoms with Crippen LogP contribution in [0.4, 0.5) is 15.8 Å². The normalized spacial score (nSPS) is 10.2. The second-order valence-corrected chi connectivity index (χ2v) is 4.70. The van der Waals surface area contributed by atoms with Crippen molar-refractivity contribution in [1.82, 2.24) is 4.98 Å². The molecule has 2 aromatic rings. The smallest absolute Gasteiger partial charge is 0.292 e. The van der Waals surface area contributed by atoms with E-state index in [-0.39, 0.29) is 12.2 Å². The average Bonchev–Trinajstić information content (AvgIpc) is 2.36. The van der Waals surface area contributed by atoms with Crippen molar-refractivity contribution in [3.63, 3.8) is 0 Å². The maximum absolute atomic E-state index is 13.0. The van der Waals surface area contributed by atoms with Crippen molar-refractivity contribution in [3.8, 4) is 0 Å². The number of rotatable bonds is 4. The molecule has 1 heterocycles. The maximum atomic E-state index is 13.0. The van der Waals surface area contributed by atoms with E-state index in [1.165, 1.54) is 18.3 Å². The molecule has 2 rings (SSSR count). The number of halogens is 2. The van der Waals surface area contributed by atoms with Gasteiger partial charge in [-0.2, -0.15) is 0 Å². The second kappa shape index (κ2) is 5.75. The fraction of sp³-hybridized carbons (Fsp3) is 0.0833. The van der Waals surface area contributed by atoms with Gasteiger partial charge in [0.2, 0.25) is 0 Å². The first-order valence-corrected chi connectivity index (χ1v) is 6.13. The number of hydrogen-bond acceptors (Lipinski definition) is 4. The van der Waals surface area contributed by atoms with E-state index < -0.39 is 10.7 Å². The fourth-order valence-electron chi connectivity index (χ4n) is 1.56. The minimum Gasteiger partial charge on any atom is -0.375 e. The van der Waals surface area contributed by atoms with E-state index in [1.807, 2.05) is 0 Å². The summed E-state index contributed by atoms with van der Waals surface area (Å²) in [6.45, 7) is 0.252. The largest absolute Gasteiger partial charge is 0.375 e.